The summed E-state index contributed by atoms with van der Waals surface area (Å²) < 4.78 is 5.35. The topological polar surface area (TPSA) is 33.0 Å². The Labute approximate surface area is 73.2 Å². The number of nitriles is 1. The summed E-state index contributed by atoms with van der Waals surface area (Å²) in [6.45, 7) is 0.728. The van der Waals surface area contributed by atoms with Crippen LogP contribution in [0.4, 0.5) is 0 Å². The first-order valence-electron chi connectivity index (χ1n) is 3.99. The second-order valence-electron chi connectivity index (χ2n) is 2.48. The third-order valence-corrected chi connectivity index (χ3v) is 1.46. The first-order chi connectivity index (χ1) is 5.86. The van der Waals surface area contributed by atoms with Crippen LogP contribution in [0.1, 0.15) is 5.56 Å². The third-order valence-electron chi connectivity index (χ3n) is 1.46. The van der Waals surface area contributed by atoms with Gasteiger partial charge in [-0.25, -0.2) is 0 Å². The van der Waals surface area contributed by atoms with Gasteiger partial charge in [0.2, 0.25) is 0 Å². The molecular weight excluding hydrogens is 149 g/mol. The van der Waals surface area contributed by atoms with Gasteiger partial charge < -0.3 is 4.74 Å². The summed E-state index contributed by atoms with van der Waals surface area (Å²) in [7, 11) is 2.06. The summed E-state index contributed by atoms with van der Waals surface area (Å²) in [4.78, 5) is 0. The second kappa shape index (κ2) is 4.45. The zero-order chi connectivity index (χ0) is 8.81. The van der Waals surface area contributed by atoms with Gasteiger partial charge in [0.15, 0.2) is 0 Å². The average Bonchev–Trinajstić information content (AvgIpc) is 2.15. The minimum Gasteiger partial charge on any atom is -0.494 e. The van der Waals surface area contributed by atoms with Crippen LogP contribution in [0.2, 0.25) is 6.32 Å². The molecule has 0 saturated heterocycles. The Bertz CT molecular complexity index is 276. The SMILES string of the molecule is BCCOc1ccc(C#N)cc1. The molecule has 0 spiro atoms. The van der Waals surface area contributed by atoms with Gasteiger partial charge in [-0.05, 0) is 30.6 Å². The zero-order valence-electron chi connectivity index (χ0n) is 7.08. The van der Waals surface area contributed by atoms with E-state index >= 15 is 0 Å². The first-order valence-corrected chi connectivity index (χ1v) is 3.99. The molecule has 0 fully saturated rings. The maximum atomic E-state index is 8.51. The predicted molar refractivity (Wildman–Crippen MR) is 50.0 cm³/mol. The van der Waals surface area contributed by atoms with Crippen LogP contribution in [0.3, 0.4) is 0 Å². The Hall–Kier alpha value is -1.43. The molecule has 0 aliphatic heterocycles. The Balaban J connectivity index is 2.60. The molecule has 0 aromatic heterocycles. The molecule has 3 heteroatoms. The molecule has 0 aliphatic carbocycles. The van der Waals surface area contributed by atoms with Crippen molar-refractivity contribution >= 4 is 7.85 Å². The number of rotatable bonds is 3. The standard InChI is InChI=1S/C9H10BNO/c10-5-6-12-9-3-1-8(7-11)2-4-9/h1-4H,5-6,10H2. The Morgan fingerprint density at radius 2 is 2.00 bits per heavy atom. The van der Waals surface area contributed by atoms with Crippen LogP contribution in [0.25, 0.3) is 0 Å². The average molecular weight is 159 g/mol. The Kier molecular flexibility index (Phi) is 3.22. The molecule has 0 N–H and O–H groups in total. The summed E-state index contributed by atoms with van der Waals surface area (Å²) in [6, 6.07) is 9.19. The molecule has 0 radical (unpaired) electrons. The summed E-state index contributed by atoms with van der Waals surface area (Å²) in [5.74, 6) is 0.829. The molecule has 0 saturated carbocycles. The van der Waals surface area contributed by atoms with E-state index in [1.54, 1.807) is 12.1 Å². The number of hydrogen-bond acceptors (Lipinski definition) is 2. The summed E-state index contributed by atoms with van der Waals surface area (Å²) >= 11 is 0. The quantitative estimate of drug-likeness (QED) is 0.616. The fourth-order valence-corrected chi connectivity index (χ4v) is 0.846. The van der Waals surface area contributed by atoms with E-state index in [4.69, 9.17) is 10.00 Å². The van der Waals surface area contributed by atoms with Crippen molar-refractivity contribution in [3.05, 3.63) is 29.8 Å². The van der Waals surface area contributed by atoms with E-state index in [2.05, 4.69) is 13.9 Å². The lowest BCUT2D eigenvalue weighted by molar-refractivity contribution is 0.340. The Morgan fingerprint density at radius 1 is 1.33 bits per heavy atom. The van der Waals surface area contributed by atoms with Crippen molar-refractivity contribution in [2.45, 2.75) is 6.32 Å². The highest BCUT2D eigenvalue weighted by Gasteiger charge is 1.92. The zero-order valence-corrected chi connectivity index (χ0v) is 7.08. The molecule has 1 aromatic rings. The van der Waals surface area contributed by atoms with Gasteiger partial charge in [-0.3, -0.25) is 0 Å². The molecule has 60 valence electrons. The number of benzene rings is 1. The van der Waals surface area contributed by atoms with Crippen molar-refractivity contribution in [1.29, 1.82) is 5.26 Å². The minimum absolute atomic E-state index is 0.666. The van der Waals surface area contributed by atoms with Gasteiger partial charge in [0.25, 0.3) is 0 Å². The lowest BCUT2D eigenvalue weighted by atomic mass is 10.1. The van der Waals surface area contributed by atoms with Crippen LogP contribution < -0.4 is 4.74 Å². The van der Waals surface area contributed by atoms with Gasteiger partial charge in [0, 0.05) is 0 Å². The normalized spacial score (nSPS) is 8.92. The third kappa shape index (κ3) is 2.32. The van der Waals surface area contributed by atoms with Crippen molar-refractivity contribution in [3.63, 3.8) is 0 Å². The monoisotopic (exact) mass is 159 g/mol. The molecule has 0 heterocycles. The minimum atomic E-state index is 0.666. The van der Waals surface area contributed by atoms with Gasteiger partial charge in [0.05, 0.1) is 18.2 Å². The highest BCUT2D eigenvalue weighted by atomic mass is 16.5. The molecule has 0 amide bonds. The maximum Gasteiger partial charge on any atom is 0.119 e. The molecule has 0 aliphatic rings. The first kappa shape index (κ1) is 8.67. The second-order valence-corrected chi connectivity index (χ2v) is 2.48. The number of ether oxygens (including phenoxy) is 1. The molecule has 0 unspecified atom stereocenters. The van der Waals surface area contributed by atoms with Crippen molar-refractivity contribution in [3.8, 4) is 11.8 Å². The van der Waals surface area contributed by atoms with E-state index in [0.29, 0.717) is 5.56 Å². The van der Waals surface area contributed by atoms with Crippen molar-refractivity contribution < 1.29 is 4.74 Å². The van der Waals surface area contributed by atoms with Gasteiger partial charge in [-0.1, -0.05) is 0 Å². The summed E-state index contributed by atoms with van der Waals surface area (Å²) in [5.41, 5.74) is 0.666. The van der Waals surface area contributed by atoms with E-state index < -0.39 is 0 Å². The maximum absolute atomic E-state index is 8.51. The van der Waals surface area contributed by atoms with Crippen LogP contribution in [0.5, 0.6) is 5.75 Å². The molecule has 2 nitrogen and oxygen atoms in total. The van der Waals surface area contributed by atoms with Gasteiger partial charge in [0.1, 0.15) is 13.6 Å². The van der Waals surface area contributed by atoms with E-state index in [1.807, 2.05) is 12.1 Å². The smallest absolute Gasteiger partial charge is 0.119 e. The summed E-state index contributed by atoms with van der Waals surface area (Å²) in [5, 5.41) is 8.51. The van der Waals surface area contributed by atoms with E-state index in [0.717, 1.165) is 18.7 Å². The lowest BCUT2D eigenvalue weighted by Gasteiger charge is -2.02. The highest BCUT2D eigenvalue weighted by Crippen LogP contribution is 2.11. The largest absolute Gasteiger partial charge is 0.494 e. The van der Waals surface area contributed by atoms with Gasteiger partial charge in [-0.2, -0.15) is 5.26 Å². The van der Waals surface area contributed by atoms with Crippen LogP contribution in [0, 0.1) is 11.3 Å². The van der Waals surface area contributed by atoms with Crippen molar-refractivity contribution in [2.75, 3.05) is 6.61 Å². The molecule has 12 heavy (non-hydrogen) atoms. The van der Waals surface area contributed by atoms with Crippen molar-refractivity contribution in [1.82, 2.24) is 0 Å². The number of hydrogen-bond donors (Lipinski definition) is 0. The molecular formula is C9H10BNO. The van der Waals surface area contributed by atoms with Crippen LogP contribution >= 0.6 is 0 Å². The fourth-order valence-electron chi connectivity index (χ4n) is 0.846. The number of nitrogens with zero attached hydrogens (tertiary/aromatic N) is 1. The highest BCUT2D eigenvalue weighted by molar-refractivity contribution is 6.08. The van der Waals surface area contributed by atoms with Crippen LogP contribution in [0.15, 0.2) is 24.3 Å². The van der Waals surface area contributed by atoms with Gasteiger partial charge >= 0.3 is 0 Å². The molecule has 1 rings (SSSR count). The van der Waals surface area contributed by atoms with Crippen LogP contribution in [-0.2, 0) is 0 Å². The van der Waals surface area contributed by atoms with Gasteiger partial charge in [-0.15, -0.1) is 0 Å². The lowest BCUT2D eigenvalue weighted by Crippen LogP contribution is -1.95. The molecule has 0 atom stereocenters. The van der Waals surface area contributed by atoms with Crippen molar-refractivity contribution in [2.24, 2.45) is 0 Å². The van der Waals surface area contributed by atoms with E-state index in [-0.39, 0.29) is 0 Å². The van der Waals surface area contributed by atoms with E-state index in [9.17, 15) is 0 Å². The predicted octanol–water partition coefficient (Wildman–Crippen LogP) is 0.988. The fraction of sp³-hybridized carbons (Fsp3) is 0.222. The molecule has 1 aromatic carbocycles. The summed E-state index contributed by atoms with van der Waals surface area (Å²) in [6.07, 6.45) is 1.00. The Morgan fingerprint density at radius 3 is 2.50 bits per heavy atom. The molecule has 0 bridgehead atoms. The van der Waals surface area contributed by atoms with E-state index in [1.165, 1.54) is 0 Å². The van der Waals surface area contributed by atoms with Crippen LogP contribution in [-0.4, -0.2) is 14.5 Å².